The van der Waals surface area contributed by atoms with Gasteiger partial charge in [-0.05, 0) is 29.7 Å². The van der Waals surface area contributed by atoms with Crippen molar-refractivity contribution >= 4 is 11.8 Å². The Balaban J connectivity index is 1.38. The highest BCUT2D eigenvalue weighted by atomic mass is 16.2. The Morgan fingerprint density at radius 1 is 1.18 bits per heavy atom. The van der Waals surface area contributed by atoms with Crippen molar-refractivity contribution in [2.45, 2.75) is 19.4 Å². The van der Waals surface area contributed by atoms with Crippen molar-refractivity contribution in [3.8, 4) is 0 Å². The van der Waals surface area contributed by atoms with Gasteiger partial charge in [0.25, 0.3) is 11.8 Å². The van der Waals surface area contributed by atoms with Crippen molar-refractivity contribution in [3.63, 3.8) is 0 Å². The summed E-state index contributed by atoms with van der Waals surface area (Å²) in [5, 5.41) is 10.2. The largest absolute Gasteiger partial charge is 0.357 e. The number of aromatic amines is 2. The Morgan fingerprint density at radius 3 is 2.75 bits per heavy atom. The van der Waals surface area contributed by atoms with Crippen LogP contribution in [0.25, 0.3) is 0 Å². The number of carbonyl (C=O) groups excluding carboxylic acids is 2. The zero-order chi connectivity index (χ0) is 19.5. The third-order valence-electron chi connectivity index (χ3n) is 5.15. The van der Waals surface area contributed by atoms with Crippen molar-refractivity contribution in [2.24, 2.45) is 5.92 Å². The van der Waals surface area contributed by atoms with Crippen LogP contribution in [0.15, 0.2) is 54.7 Å². The average Bonchev–Trinajstić information content (AvgIpc) is 3.44. The zero-order valence-corrected chi connectivity index (χ0v) is 15.7. The van der Waals surface area contributed by atoms with Gasteiger partial charge in [-0.25, -0.2) is 0 Å². The summed E-state index contributed by atoms with van der Waals surface area (Å²) in [6, 6.07) is 15.3. The molecule has 2 atom stereocenters. The van der Waals surface area contributed by atoms with Crippen LogP contribution in [0.2, 0.25) is 0 Å². The zero-order valence-electron chi connectivity index (χ0n) is 15.7. The molecule has 2 amide bonds. The summed E-state index contributed by atoms with van der Waals surface area (Å²) in [4.78, 5) is 29.8. The Morgan fingerprint density at radius 2 is 2.00 bits per heavy atom. The van der Waals surface area contributed by atoms with E-state index in [2.05, 4.69) is 20.5 Å². The molecule has 28 heavy (non-hydrogen) atoms. The SMILES string of the molecule is C[C@@H]1CN(C(=O)c2cc(Cc3ccccc3)[nH]n2)C[C@H]1NC(=O)c1ccc[nH]1. The predicted octanol–water partition coefficient (Wildman–Crippen LogP) is 2.22. The van der Waals surface area contributed by atoms with Gasteiger partial charge in [-0.1, -0.05) is 37.3 Å². The van der Waals surface area contributed by atoms with Crippen LogP contribution in [-0.2, 0) is 6.42 Å². The molecule has 0 unspecified atom stereocenters. The molecule has 3 N–H and O–H groups in total. The van der Waals surface area contributed by atoms with Crippen LogP contribution < -0.4 is 5.32 Å². The number of likely N-dealkylation sites (tertiary alicyclic amines) is 1. The van der Waals surface area contributed by atoms with Crippen molar-refractivity contribution < 1.29 is 9.59 Å². The first-order chi connectivity index (χ1) is 13.6. The maximum atomic E-state index is 12.8. The van der Waals surface area contributed by atoms with Crippen LogP contribution in [0.4, 0.5) is 0 Å². The lowest BCUT2D eigenvalue weighted by Gasteiger charge is -2.16. The van der Waals surface area contributed by atoms with Crippen LogP contribution in [0.5, 0.6) is 0 Å². The lowest BCUT2D eigenvalue weighted by molar-refractivity contribution is 0.0775. The number of nitrogens with one attached hydrogen (secondary N) is 3. The van der Waals surface area contributed by atoms with Crippen LogP contribution in [0, 0.1) is 5.92 Å². The van der Waals surface area contributed by atoms with Gasteiger partial charge < -0.3 is 15.2 Å². The first kappa shape index (κ1) is 18.0. The van der Waals surface area contributed by atoms with Gasteiger partial charge in [-0.3, -0.25) is 14.7 Å². The molecule has 0 bridgehead atoms. The molecule has 4 rings (SSSR count). The number of benzene rings is 1. The topological polar surface area (TPSA) is 93.9 Å². The number of carbonyl (C=O) groups is 2. The summed E-state index contributed by atoms with van der Waals surface area (Å²) in [5.41, 5.74) is 3.00. The Hall–Kier alpha value is -3.35. The van der Waals surface area contributed by atoms with E-state index in [4.69, 9.17) is 0 Å². The van der Waals surface area contributed by atoms with Gasteiger partial charge in [0, 0.05) is 31.4 Å². The van der Waals surface area contributed by atoms with Crippen molar-refractivity contribution in [2.75, 3.05) is 13.1 Å². The predicted molar refractivity (Wildman–Crippen MR) is 105 cm³/mol. The number of hydrogen-bond acceptors (Lipinski definition) is 3. The number of nitrogens with zero attached hydrogens (tertiary/aromatic N) is 2. The van der Waals surface area contributed by atoms with Gasteiger partial charge in [-0.2, -0.15) is 5.10 Å². The number of hydrogen-bond donors (Lipinski definition) is 3. The number of aromatic nitrogens is 3. The van der Waals surface area contributed by atoms with E-state index >= 15 is 0 Å². The van der Waals surface area contributed by atoms with E-state index in [9.17, 15) is 9.59 Å². The van der Waals surface area contributed by atoms with E-state index in [1.165, 1.54) is 0 Å². The quantitative estimate of drug-likeness (QED) is 0.636. The van der Waals surface area contributed by atoms with Gasteiger partial charge >= 0.3 is 0 Å². The van der Waals surface area contributed by atoms with Crippen LogP contribution >= 0.6 is 0 Å². The van der Waals surface area contributed by atoms with E-state index in [-0.39, 0.29) is 23.8 Å². The highest BCUT2D eigenvalue weighted by Gasteiger charge is 2.34. The van der Waals surface area contributed by atoms with Gasteiger partial charge in [0.15, 0.2) is 0 Å². The standard InChI is InChI=1S/C21H23N5O2/c1-14-12-26(13-19(14)23-20(27)17-8-5-9-22-17)21(28)18-11-16(24-25-18)10-15-6-3-2-4-7-15/h2-9,11,14,19,22H,10,12-13H2,1H3,(H,23,27)(H,24,25)/t14-,19-/m1/s1. The molecule has 0 saturated carbocycles. The monoisotopic (exact) mass is 377 g/mol. The Kier molecular flexibility index (Phi) is 4.97. The molecule has 0 radical (unpaired) electrons. The molecular formula is C21H23N5O2. The molecule has 7 nitrogen and oxygen atoms in total. The summed E-state index contributed by atoms with van der Waals surface area (Å²) < 4.78 is 0. The van der Waals surface area contributed by atoms with Gasteiger partial charge in [0.05, 0.1) is 6.04 Å². The van der Waals surface area contributed by atoms with Gasteiger partial charge in [-0.15, -0.1) is 0 Å². The van der Waals surface area contributed by atoms with Crippen molar-refractivity contribution in [3.05, 3.63) is 77.4 Å². The van der Waals surface area contributed by atoms with E-state index in [1.807, 2.05) is 43.3 Å². The highest BCUT2D eigenvalue weighted by Crippen LogP contribution is 2.19. The molecule has 2 aromatic heterocycles. The van der Waals surface area contributed by atoms with Crippen molar-refractivity contribution in [1.82, 2.24) is 25.4 Å². The molecule has 7 heteroatoms. The Bertz CT molecular complexity index is 948. The van der Waals surface area contributed by atoms with E-state index in [0.29, 0.717) is 30.9 Å². The molecule has 1 fully saturated rings. The molecule has 0 aliphatic carbocycles. The number of H-pyrrole nitrogens is 2. The van der Waals surface area contributed by atoms with Gasteiger partial charge in [0.2, 0.25) is 0 Å². The third-order valence-corrected chi connectivity index (χ3v) is 5.15. The fourth-order valence-corrected chi connectivity index (χ4v) is 3.58. The fourth-order valence-electron chi connectivity index (χ4n) is 3.58. The minimum Gasteiger partial charge on any atom is -0.357 e. The van der Waals surface area contributed by atoms with Gasteiger partial charge in [0.1, 0.15) is 11.4 Å². The molecule has 0 spiro atoms. The van der Waals surface area contributed by atoms with Crippen LogP contribution in [0.1, 0.15) is 39.2 Å². The minimum atomic E-state index is -0.152. The highest BCUT2D eigenvalue weighted by molar-refractivity contribution is 5.94. The van der Waals surface area contributed by atoms with Crippen LogP contribution in [-0.4, -0.2) is 51.0 Å². The summed E-state index contributed by atoms with van der Waals surface area (Å²) in [6.07, 6.45) is 2.42. The Labute approximate surface area is 163 Å². The summed E-state index contributed by atoms with van der Waals surface area (Å²) in [6.45, 7) is 3.11. The summed E-state index contributed by atoms with van der Waals surface area (Å²) >= 11 is 0. The summed E-state index contributed by atoms with van der Waals surface area (Å²) in [7, 11) is 0. The fraction of sp³-hybridized carbons (Fsp3) is 0.286. The normalized spacial score (nSPS) is 19.0. The molecule has 1 aromatic carbocycles. The molecule has 144 valence electrons. The second-order valence-corrected chi connectivity index (χ2v) is 7.29. The van der Waals surface area contributed by atoms with E-state index in [1.54, 1.807) is 23.2 Å². The first-order valence-electron chi connectivity index (χ1n) is 9.42. The maximum Gasteiger partial charge on any atom is 0.274 e. The maximum absolute atomic E-state index is 12.8. The molecule has 3 heterocycles. The van der Waals surface area contributed by atoms with E-state index in [0.717, 1.165) is 11.3 Å². The average molecular weight is 377 g/mol. The third kappa shape index (κ3) is 3.83. The molecule has 1 aliphatic heterocycles. The summed E-state index contributed by atoms with van der Waals surface area (Å²) in [5.74, 6) is -0.0920. The second-order valence-electron chi connectivity index (χ2n) is 7.29. The lowest BCUT2D eigenvalue weighted by atomic mass is 10.1. The lowest BCUT2D eigenvalue weighted by Crippen LogP contribution is -2.40. The first-order valence-corrected chi connectivity index (χ1v) is 9.42. The number of rotatable bonds is 5. The van der Waals surface area contributed by atoms with Crippen molar-refractivity contribution in [1.29, 1.82) is 0 Å². The minimum absolute atomic E-state index is 0.0810. The van der Waals surface area contributed by atoms with Crippen LogP contribution in [0.3, 0.4) is 0 Å². The molecular weight excluding hydrogens is 354 g/mol. The molecule has 1 saturated heterocycles. The molecule has 3 aromatic rings. The van der Waals surface area contributed by atoms with E-state index < -0.39 is 0 Å². The second kappa shape index (κ2) is 7.72. The molecule has 1 aliphatic rings. The smallest absolute Gasteiger partial charge is 0.274 e. The number of amides is 2.